The maximum Gasteiger partial charge on any atom is 0.178 e. The first-order chi connectivity index (χ1) is 9.33. The number of ether oxygens (including phenoxy) is 2. The van der Waals surface area contributed by atoms with Crippen LogP contribution in [0.15, 0.2) is 23.8 Å². The third-order valence-electron chi connectivity index (χ3n) is 2.78. The van der Waals surface area contributed by atoms with Crippen molar-refractivity contribution in [1.29, 1.82) is 5.26 Å². The Hall–Kier alpha value is -2.28. The topological polar surface area (TPSA) is 59.3 Å². The number of hydrogen-bond donors (Lipinski definition) is 0. The lowest BCUT2D eigenvalue weighted by molar-refractivity contribution is -0.121. The minimum atomic E-state index is -0.604. The van der Waals surface area contributed by atoms with Crippen molar-refractivity contribution in [3.05, 3.63) is 29.3 Å². The Labute approximate surface area is 119 Å². The van der Waals surface area contributed by atoms with Gasteiger partial charge in [-0.1, -0.05) is 20.8 Å². The van der Waals surface area contributed by atoms with Gasteiger partial charge in [-0.2, -0.15) is 5.26 Å². The fourth-order valence-corrected chi connectivity index (χ4v) is 1.66. The number of nitriles is 1. The monoisotopic (exact) mass is 273 g/mol. The number of Topliss-reactive ketones (excluding diaryl/α,β-unsaturated/α-hetero) is 1. The molecule has 106 valence electrons. The SMILES string of the molecule is COc1ccc(OC)c(/C=C(\C#N)C(=O)C(C)(C)C)c1. The number of rotatable bonds is 4. The molecule has 0 N–H and O–H groups in total. The summed E-state index contributed by atoms with van der Waals surface area (Å²) in [5.74, 6) is 1.02. The average molecular weight is 273 g/mol. The number of benzene rings is 1. The molecule has 0 saturated carbocycles. The first kappa shape index (κ1) is 15.8. The average Bonchev–Trinajstić information content (AvgIpc) is 2.42. The molecule has 0 aliphatic carbocycles. The number of hydrogen-bond acceptors (Lipinski definition) is 4. The summed E-state index contributed by atoms with van der Waals surface area (Å²) < 4.78 is 10.4. The molecule has 0 aliphatic rings. The van der Waals surface area contributed by atoms with Gasteiger partial charge in [-0.25, -0.2) is 0 Å². The molecule has 0 unspecified atom stereocenters. The maximum atomic E-state index is 12.2. The van der Waals surface area contributed by atoms with E-state index in [0.29, 0.717) is 17.1 Å². The lowest BCUT2D eigenvalue weighted by atomic mass is 9.86. The number of carbonyl (C=O) groups excluding carboxylic acids is 1. The van der Waals surface area contributed by atoms with Crippen molar-refractivity contribution in [2.24, 2.45) is 5.41 Å². The Balaban J connectivity index is 3.32. The van der Waals surface area contributed by atoms with Gasteiger partial charge in [-0.05, 0) is 24.3 Å². The predicted molar refractivity (Wildman–Crippen MR) is 77.6 cm³/mol. The van der Waals surface area contributed by atoms with E-state index in [0.717, 1.165) is 0 Å². The molecule has 0 spiro atoms. The molecule has 4 heteroatoms. The minimum absolute atomic E-state index is 0.101. The van der Waals surface area contributed by atoms with Crippen LogP contribution in [0.4, 0.5) is 0 Å². The van der Waals surface area contributed by atoms with E-state index in [1.807, 2.05) is 6.07 Å². The predicted octanol–water partition coefficient (Wildman–Crippen LogP) is 3.23. The van der Waals surface area contributed by atoms with Gasteiger partial charge in [0, 0.05) is 11.0 Å². The third kappa shape index (κ3) is 3.61. The van der Waals surface area contributed by atoms with Crippen molar-refractivity contribution >= 4 is 11.9 Å². The molecule has 0 bridgehead atoms. The normalized spacial score (nSPS) is 11.7. The summed E-state index contributed by atoms with van der Waals surface area (Å²) in [6.07, 6.45) is 1.54. The Morgan fingerprint density at radius 2 is 1.90 bits per heavy atom. The maximum absolute atomic E-state index is 12.2. The van der Waals surface area contributed by atoms with Crippen LogP contribution in [0.1, 0.15) is 26.3 Å². The van der Waals surface area contributed by atoms with Crippen LogP contribution in [0.3, 0.4) is 0 Å². The van der Waals surface area contributed by atoms with Gasteiger partial charge in [0.25, 0.3) is 0 Å². The van der Waals surface area contributed by atoms with Crippen molar-refractivity contribution in [1.82, 2.24) is 0 Å². The largest absolute Gasteiger partial charge is 0.497 e. The van der Waals surface area contributed by atoms with E-state index in [9.17, 15) is 10.1 Å². The summed E-state index contributed by atoms with van der Waals surface area (Å²) in [6, 6.07) is 7.18. The summed E-state index contributed by atoms with van der Waals surface area (Å²) in [5.41, 5.74) is 0.137. The van der Waals surface area contributed by atoms with Crippen LogP contribution in [0.25, 0.3) is 6.08 Å². The van der Waals surface area contributed by atoms with E-state index >= 15 is 0 Å². The Morgan fingerprint density at radius 1 is 1.25 bits per heavy atom. The van der Waals surface area contributed by atoms with Crippen LogP contribution >= 0.6 is 0 Å². The molecule has 0 amide bonds. The van der Waals surface area contributed by atoms with E-state index in [4.69, 9.17) is 9.47 Å². The Bertz CT molecular complexity index is 574. The van der Waals surface area contributed by atoms with Crippen molar-refractivity contribution in [2.75, 3.05) is 14.2 Å². The van der Waals surface area contributed by atoms with Gasteiger partial charge in [0.2, 0.25) is 0 Å². The molecule has 0 atom stereocenters. The molecule has 0 aliphatic heterocycles. The molecule has 20 heavy (non-hydrogen) atoms. The second kappa shape index (κ2) is 6.25. The first-order valence-electron chi connectivity index (χ1n) is 6.22. The lowest BCUT2D eigenvalue weighted by Gasteiger charge is -2.16. The molecule has 4 nitrogen and oxygen atoms in total. The van der Waals surface area contributed by atoms with Crippen LogP contribution < -0.4 is 9.47 Å². The fourth-order valence-electron chi connectivity index (χ4n) is 1.66. The Morgan fingerprint density at radius 3 is 2.35 bits per heavy atom. The highest BCUT2D eigenvalue weighted by Crippen LogP contribution is 2.28. The van der Waals surface area contributed by atoms with Gasteiger partial charge in [0.1, 0.15) is 17.6 Å². The molecular weight excluding hydrogens is 254 g/mol. The summed E-state index contributed by atoms with van der Waals surface area (Å²) in [6.45, 7) is 5.34. The highest BCUT2D eigenvalue weighted by atomic mass is 16.5. The quantitative estimate of drug-likeness (QED) is 0.624. The number of nitrogens with zero attached hydrogens (tertiary/aromatic N) is 1. The van der Waals surface area contributed by atoms with Crippen LogP contribution in [0, 0.1) is 16.7 Å². The Kier molecular flexibility index (Phi) is 4.93. The summed E-state index contributed by atoms with van der Waals surface area (Å²) in [7, 11) is 3.09. The summed E-state index contributed by atoms with van der Waals surface area (Å²) in [5, 5.41) is 9.20. The zero-order valence-electron chi connectivity index (χ0n) is 12.5. The van der Waals surface area contributed by atoms with Crippen LogP contribution in [0.2, 0.25) is 0 Å². The molecule has 0 radical (unpaired) electrons. The van der Waals surface area contributed by atoms with Gasteiger partial charge in [0.15, 0.2) is 5.78 Å². The van der Waals surface area contributed by atoms with Gasteiger partial charge in [0.05, 0.1) is 19.8 Å². The van der Waals surface area contributed by atoms with E-state index in [1.165, 1.54) is 13.2 Å². The zero-order valence-corrected chi connectivity index (χ0v) is 12.5. The molecular formula is C16H19NO3. The lowest BCUT2D eigenvalue weighted by Crippen LogP contribution is -2.21. The summed E-state index contributed by atoms with van der Waals surface area (Å²) >= 11 is 0. The number of ketones is 1. The second-order valence-corrected chi connectivity index (χ2v) is 5.36. The molecule has 0 aromatic heterocycles. The van der Waals surface area contributed by atoms with E-state index < -0.39 is 5.41 Å². The van der Waals surface area contributed by atoms with Crippen LogP contribution in [0.5, 0.6) is 11.5 Å². The van der Waals surface area contributed by atoms with Gasteiger partial charge in [-0.15, -0.1) is 0 Å². The molecule has 1 aromatic carbocycles. The highest BCUT2D eigenvalue weighted by molar-refractivity contribution is 6.06. The molecule has 1 aromatic rings. The molecule has 1 rings (SSSR count). The number of carbonyl (C=O) groups is 1. The van der Waals surface area contributed by atoms with Gasteiger partial charge in [-0.3, -0.25) is 4.79 Å². The van der Waals surface area contributed by atoms with Crippen LogP contribution in [-0.2, 0) is 4.79 Å². The summed E-state index contributed by atoms with van der Waals surface area (Å²) in [4.78, 5) is 12.2. The van der Waals surface area contributed by atoms with Crippen molar-refractivity contribution < 1.29 is 14.3 Å². The third-order valence-corrected chi connectivity index (χ3v) is 2.78. The van der Waals surface area contributed by atoms with Gasteiger partial charge >= 0.3 is 0 Å². The highest BCUT2D eigenvalue weighted by Gasteiger charge is 2.25. The van der Waals surface area contributed by atoms with E-state index in [2.05, 4.69) is 0 Å². The fraction of sp³-hybridized carbons (Fsp3) is 0.375. The first-order valence-corrected chi connectivity index (χ1v) is 6.22. The number of methoxy groups -OCH3 is 2. The zero-order chi connectivity index (χ0) is 15.3. The standard InChI is InChI=1S/C16H19NO3/c1-16(2,3)15(18)12(10-17)8-11-9-13(19-4)6-7-14(11)20-5/h6-9H,1-5H3/b12-8+. The van der Waals surface area contributed by atoms with Crippen LogP contribution in [-0.4, -0.2) is 20.0 Å². The minimum Gasteiger partial charge on any atom is -0.497 e. The van der Waals surface area contributed by atoms with Crippen molar-refractivity contribution in [2.45, 2.75) is 20.8 Å². The molecule has 0 saturated heterocycles. The molecule has 0 heterocycles. The van der Waals surface area contributed by atoms with Crippen molar-refractivity contribution in [3.8, 4) is 17.6 Å². The number of allylic oxidation sites excluding steroid dienone is 1. The van der Waals surface area contributed by atoms with E-state index in [1.54, 1.807) is 46.1 Å². The molecule has 0 fully saturated rings. The van der Waals surface area contributed by atoms with Gasteiger partial charge < -0.3 is 9.47 Å². The van der Waals surface area contributed by atoms with E-state index in [-0.39, 0.29) is 11.4 Å². The smallest absolute Gasteiger partial charge is 0.178 e. The second-order valence-electron chi connectivity index (χ2n) is 5.36. The van der Waals surface area contributed by atoms with Crippen molar-refractivity contribution in [3.63, 3.8) is 0 Å².